The molecular weight excluding hydrogens is 90.5 g/mol. The highest BCUT2D eigenvalue weighted by Crippen LogP contribution is 1.89. The molecular formula is C3H2ClF. The van der Waals surface area contributed by atoms with Crippen molar-refractivity contribution in [1.29, 1.82) is 0 Å². The van der Waals surface area contributed by atoms with Crippen LogP contribution in [-0.4, -0.2) is 5.63 Å². The minimum atomic E-state index is -1.62. The first-order valence-corrected chi connectivity index (χ1v) is 1.45. The maximum Gasteiger partial charge on any atom is 0.233 e. The van der Waals surface area contributed by atoms with E-state index in [2.05, 4.69) is 18.0 Å². The van der Waals surface area contributed by atoms with Gasteiger partial charge in [0, 0.05) is 0 Å². The highest BCUT2D eigenvalue weighted by atomic mass is 35.5. The third kappa shape index (κ3) is 3.78. The van der Waals surface area contributed by atoms with Crippen LogP contribution in [0.25, 0.3) is 0 Å². The van der Waals surface area contributed by atoms with Crippen LogP contribution in [0.2, 0.25) is 0 Å². The zero-order chi connectivity index (χ0) is 4.28. The van der Waals surface area contributed by atoms with Gasteiger partial charge in [0.2, 0.25) is 5.63 Å². The smallest absolute Gasteiger partial charge is 0.215 e. The molecule has 0 radical (unpaired) electrons. The van der Waals surface area contributed by atoms with Crippen LogP contribution in [0.3, 0.4) is 0 Å². The second kappa shape index (κ2) is 2.04. The van der Waals surface area contributed by atoms with E-state index in [1.54, 1.807) is 5.92 Å². The van der Waals surface area contributed by atoms with Gasteiger partial charge in [-0.1, -0.05) is 17.5 Å². The average Bonchev–Trinajstić information content (AvgIpc) is 1.38. The van der Waals surface area contributed by atoms with Crippen molar-refractivity contribution in [2.45, 2.75) is 5.63 Å². The first kappa shape index (κ1) is 4.78. The van der Waals surface area contributed by atoms with Crippen LogP contribution in [-0.2, 0) is 0 Å². The molecule has 28 valence electrons. The van der Waals surface area contributed by atoms with Crippen LogP contribution >= 0.6 is 11.6 Å². The summed E-state index contributed by atoms with van der Waals surface area (Å²) < 4.78 is 11.0. The number of halogens is 2. The summed E-state index contributed by atoms with van der Waals surface area (Å²) in [6, 6.07) is 0. The first-order chi connectivity index (χ1) is 2.27. The fraction of sp³-hybridized carbons (Fsp3) is 0.333. The second-order valence-corrected chi connectivity index (χ2v) is 0.851. The van der Waals surface area contributed by atoms with Crippen molar-refractivity contribution in [2.24, 2.45) is 0 Å². The van der Waals surface area contributed by atoms with Gasteiger partial charge >= 0.3 is 0 Å². The summed E-state index contributed by atoms with van der Waals surface area (Å²) in [5.74, 6) is 1.63. The molecule has 0 aliphatic carbocycles. The lowest BCUT2D eigenvalue weighted by molar-refractivity contribution is 0.525. The van der Waals surface area contributed by atoms with Gasteiger partial charge in [-0.25, -0.2) is 4.39 Å². The van der Waals surface area contributed by atoms with Crippen molar-refractivity contribution in [3.05, 3.63) is 0 Å². The van der Waals surface area contributed by atoms with Crippen LogP contribution < -0.4 is 0 Å². The predicted octanol–water partition coefficient (Wildman–Crippen LogP) is 1.15. The van der Waals surface area contributed by atoms with E-state index in [1.165, 1.54) is 0 Å². The molecule has 0 saturated heterocycles. The fourth-order valence-corrected chi connectivity index (χ4v) is 0. The molecule has 0 heterocycles. The summed E-state index contributed by atoms with van der Waals surface area (Å²) >= 11 is 4.56. The monoisotopic (exact) mass is 92.0 g/mol. The van der Waals surface area contributed by atoms with E-state index >= 15 is 0 Å². The van der Waals surface area contributed by atoms with Gasteiger partial charge in [-0.2, -0.15) is 0 Å². The molecule has 0 saturated carbocycles. The molecule has 1 atom stereocenters. The highest BCUT2D eigenvalue weighted by molar-refractivity contribution is 6.21. The van der Waals surface area contributed by atoms with E-state index < -0.39 is 5.63 Å². The lowest BCUT2D eigenvalue weighted by Gasteiger charge is -1.72. The van der Waals surface area contributed by atoms with Crippen LogP contribution in [0, 0.1) is 12.3 Å². The standard InChI is InChI=1S/C3H2ClF/c1-2-3(4)5/h1,3H. The number of terminal acetylenes is 1. The number of hydrogen-bond donors (Lipinski definition) is 0. The van der Waals surface area contributed by atoms with Gasteiger partial charge in [0.05, 0.1) is 0 Å². The van der Waals surface area contributed by atoms with Crippen LogP contribution in [0.5, 0.6) is 0 Å². The minimum absolute atomic E-state index is 1.62. The molecule has 1 unspecified atom stereocenters. The topological polar surface area (TPSA) is 0 Å². The summed E-state index contributed by atoms with van der Waals surface area (Å²) in [5.41, 5.74) is -1.62. The molecule has 0 aromatic heterocycles. The van der Waals surface area contributed by atoms with Crippen LogP contribution in [0.4, 0.5) is 4.39 Å². The van der Waals surface area contributed by atoms with Gasteiger partial charge in [0.15, 0.2) is 0 Å². The van der Waals surface area contributed by atoms with Gasteiger partial charge < -0.3 is 0 Å². The number of hydrogen-bond acceptors (Lipinski definition) is 0. The zero-order valence-corrected chi connectivity index (χ0v) is 3.17. The second-order valence-electron chi connectivity index (χ2n) is 0.467. The molecule has 0 spiro atoms. The Morgan fingerprint density at radius 2 is 2.20 bits per heavy atom. The molecule has 5 heavy (non-hydrogen) atoms. The van der Waals surface area contributed by atoms with E-state index in [4.69, 9.17) is 0 Å². The maximum absolute atomic E-state index is 11.0. The molecule has 0 aliphatic rings. The van der Waals surface area contributed by atoms with E-state index in [0.717, 1.165) is 0 Å². The third-order valence-corrected chi connectivity index (χ3v) is 0.252. The Labute approximate surface area is 34.9 Å². The molecule has 0 rings (SSSR count). The summed E-state index contributed by atoms with van der Waals surface area (Å²) in [6.07, 6.45) is 4.41. The van der Waals surface area contributed by atoms with Crippen molar-refractivity contribution >= 4 is 11.6 Å². The van der Waals surface area contributed by atoms with Gasteiger partial charge in [-0.15, -0.1) is 6.42 Å². The van der Waals surface area contributed by atoms with E-state index in [-0.39, 0.29) is 0 Å². The lowest BCUT2D eigenvalue weighted by Crippen LogP contribution is -1.73. The van der Waals surface area contributed by atoms with Crippen molar-refractivity contribution < 1.29 is 4.39 Å². The summed E-state index contributed by atoms with van der Waals surface area (Å²) in [4.78, 5) is 0. The minimum Gasteiger partial charge on any atom is -0.215 e. The number of rotatable bonds is 0. The number of alkyl halides is 2. The molecule has 0 amide bonds. The van der Waals surface area contributed by atoms with Gasteiger partial charge in [-0.3, -0.25) is 0 Å². The molecule has 0 aromatic carbocycles. The Balaban J connectivity index is 2.94. The predicted molar refractivity (Wildman–Crippen MR) is 19.6 cm³/mol. The molecule has 2 heteroatoms. The quantitative estimate of drug-likeness (QED) is 0.311. The van der Waals surface area contributed by atoms with Gasteiger partial charge in [0.25, 0.3) is 0 Å². The van der Waals surface area contributed by atoms with Crippen molar-refractivity contribution in [3.63, 3.8) is 0 Å². The SMILES string of the molecule is C#CC(F)Cl. The van der Waals surface area contributed by atoms with E-state index in [0.29, 0.717) is 0 Å². The van der Waals surface area contributed by atoms with Gasteiger partial charge in [0.1, 0.15) is 0 Å². The van der Waals surface area contributed by atoms with Gasteiger partial charge in [-0.05, 0) is 0 Å². The summed E-state index contributed by atoms with van der Waals surface area (Å²) in [7, 11) is 0. The van der Waals surface area contributed by atoms with E-state index in [9.17, 15) is 4.39 Å². The summed E-state index contributed by atoms with van der Waals surface area (Å²) in [5, 5.41) is 0. The Kier molecular flexibility index (Phi) is 1.95. The largest absolute Gasteiger partial charge is 0.233 e. The van der Waals surface area contributed by atoms with Crippen molar-refractivity contribution in [2.75, 3.05) is 0 Å². The molecule has 0 nitrogen and oxygen atoms in total. The average molecular weight is 92.5 g/mol. The fourth-order valence-electron chi connectivity index (χ4n) is 0. The molecule has 0 N–H and O–H groups in total. The highest BCUT2D eigenvalue weighted by Gasteiger charge is 1.83. The lowest BCUT2D eigenvalue weighted by atomic mass is 10.8. The van der Waals surface area contributed by atoms with Crippen LogP contribution in [0.1, 0.15) is 0 Å². The zero-order valence-electron chi connectivity index (χ0n) is 2.41. The third-order valence-electron chi connectivity index (χ3n) is 0.126. The van der Waals surface area contributed by atoms with Crippen molar-refractivity contribution in [1.82, 2.24) is 0 Å². The Bertz CT molecular complexity index is 52.4. The first-order valence-electron chi connectivity index (χ1n) is 1.01. The Morgan fingerprint density at radius 1 is 2.00 bits per heavy atom. The molecule has 0 bridgehead atoms. The summed E-state index contributed by atoms with van der Waals surface area (Å²) in [6.45, 7) is 0. The normalized spacial score (nSPS) is 13.0. The maximum atomic E-state index is 11.0. The molecule has 0 aromatic rings. The molecule has 0 fully saturated rings. The van der Waals surface area contributed by atoms with E-state index in [1.807, 2.05) is 0 Å². The Morgan fingerprint density at radius 3 is 2.20 bits per heavy atom. The van der Waals surface area contributed by atoms with Crippen molar-refractivity contribution in [3.8, 4) is 12.3 Å². The Hall–Kier alpha value is -0.220. The molecule has 0 aliphatic heterocycles. The van der Waals surface area contributed by atoms with Crippen LogP contribution in [0.15, 0.2) is 0 Å².